The SMILES string of the molecule is Cc1ccn2c(C(=O)Nc3ccc(OCc4ccccc4)cc3)c(C)nc2c1. The molecule has 0 spiro atoms. The van der Waals surface area contributed by atoms with Gasteiger partial charge in [0.1, 0.15) is 23.7 Å². The van der Waals surface area contributed by atoms with Crippen LogP contribution in [0.3, 0.4) is 0 Å². The summed E-state index contributed by atoms with van der Waals surface area (Å²) in [7, 11) is 0. The maximum atomic E-state index is 12.8. The van der Waals surface area contributed by atoms with Crippen LogP contribution in [0.15, 0.2) is 72.9 Å². The Balaban J connectivity index is 1.46. The highest BCUT2D eigenvalue weighted by Crippen LogP contribution is 2.19. The van der Waals surface area contributed by atoms with Gasteiger partial charge in [-0.15, -0.1) is 0 Å². The molecule has 2 aromatic carbocycles. The van der Waals surface area contributed by atoms with Crippen LogP contribution in [-0.2, 0) is 6.61 Å². The van der Waals surface area contributed by atoms with E-state index in [1.807, 2.05) is 91.2 Å². The minimum atomic E-state index is -0.188. The Morgan fingerprint density at radius 1 is 1.04 bits per heavy atom. The number of hydrogen-bond donors (Lipinski definition) is 1. The highest BCUT2D eigenvalue weighted by Gasteiger charge is 2.16. The number of rotatable bonds is 5. The predicted octanol–water partition coefficient (Wildman–Crippen LogP) is 4.78. The number of ether oxygens (including phenoxy) is 1. The van der Waals surface area contributed by atoms with Gasteiger partial charge in [-0.25, -0.2) is 4.98 Å². The topological polar surface area (TPSA) is 55.6 Å². The lowest BCUT2D eigenvalue weighted by atomic mass is 10.2. The minimum absolute atomic E-state index is 0.188. The van der Waals surface area contributed by atoms with Gasteiger partial charge < -0.3 is 10.1 Å². The molecule has 0 aliphatic heterocycles. The van der Waals surface area contributed by atoms with Crippen molar-refractivity contribution < 1.29 is 9.53 Å². The number of nitrogens with one attached hydrogen (secondary N) is 1. The molecular weight excluding hydrogens is 350 g/mol. The lowest BCUT2D eigenvalue weighted by Crippen LogP contribution is -2.15. The summed E-state index contributed by atoms with van der Waals surface area (Å²) >= 11 is 0. The van der Waals surface area contributed by atoms with Crippen molar-refractivity contribution in [3.05, 3.63) is 95.4 Å². The molecule has 0 bridgehead atoms. The van der Waals surface area contributed by atoms with Crippen LogP contribution in [0.25, 0.3) is 5.65 Å². The number of pyridine rings is 1. The van der Waals surface area contributed by atoms with E-state index < -0.39 is 0 Å². The summed E-state index contributed by atoms with van der Waals surface area (Å²) in [5.74, 6) is 0.565. The van der Waals surface area contributed by atoms with Crippen LogP contribution >= 0.6 is 0 Å². The first kappa shape index (κ1) is 17.8. The number of hydrogen-bond acceptors (Lipinski definition) is 3. The van der Waals surface area contributed by atoms with Gasteiger partial charge >= 0.3 is 0 Å². The van der Waals surface area contributed by atoms with Crippen LogP contribution in [0.2, 0.25) is 0 Å². The van der Waals surface area contributed by atoms with Crippen LogP contribution in [-0.4, -0.2) is 15.3 Å². The highest BCUT2D eigenvalue weighted by molar-refractivity contribution is 6.04. The molecule has 0 radical (unpaired) electrons. The first-order valence-electron chi connectivity index (χ1n) is 9.13. The van der Waals surface area contributed by atoms with Crippen LogP contribution in [0.1, 0.15) is 27.3 Å². The Morgan fingerprint density at radius 3 is 2.54 bits per heavy atom. The molecule has 28 heavy (non-hydrogen) atoms. The van der Waals surface area contributed by atoms with Crippen molar-refractivity contribution in [1.82, 2.24) is 9.38 Å². The molecule has 1 amide bonds. The maximum absolute atomic E-state index is 12.8. The Labute approximate surface area is 163 Å². The molecule has 5 nitrogen and oxygen atoms in total. The van der Waals surface area contributed by atoms with Crippen LogP contribution in [0.5, 0.6) is 5.75 Å². The molecule has 2 aromatic heterocycles. The van der Waals surface area contributed by atoms with E-state index in [2.05, 4.69) is 10.3 Å². The molecule has 0 saturated carbocycles. The van der Waals surface area contributed by atoms with Crippen molar-refractivity contribution in [2.75, 3.05) is 5.32 Å². The summed E-state index contributed by atoms with van der Waals surface area (Å²) in [6, 6.07) is 21.3. The molecule has 5 heteroatoms. The fraction of sp³-hybridized carbons (Fsp3) is 0.130. The number of benzene rings is 2. The summed E-state index contributed by atoms with van der Waals surface area (Å²) in [6.45, 7) is 4.36. The predicted molar refractivity (Wildman–Crippen MR) is 110 cm³/mol. The lowest BCUT2D eigenvalue weighted by Gasteiger charge is -2.09. The average Bonchev–Trinajstić information content (AvgIpc) is 3.03. The normalized spacial score (nSPS) is 10.8. The van der Waals surface area contributed by atoms with E-state index in [1.165, 1.54) is 0 Å². The van der Waals surface area contributed by atoms with Gasteiger partial charge in [0.15, 0.2) is 0 Å². The first-order valence-corrected chi connectivity index (χ1v) is 9.13. The molecule has 140 valence electrons. The van der Waals surface area contributed by atoms with Gasteiger partial charge in [-0.1, -0.05) is 30.3 Å². The van der Waals surface area contributed by atoms with E-state index in [9.17, 15) is 4.79 Å². The summed E-state index contributed by atoms with van der Waals surface area (Å²) < 4.78 is 7.60. The molecule has 0 fully saturated rings. The van der Waals surface area contributed by atoms with Crippen LogP contribution < -0.4 is 10.1 Å². The molecule has 0 atom stereocenters. The van der Waals surface area contributed by atoms with Gasteiger partial charge in [0, 0.05) is 11.9 Å². The van der Waals surface area contributed by atoms with E-state index in [0.29, 0.717) is 23.7 Å². The van der Waals surface area contributed by atoms with Gasteiger partial charge in [-0.05, 0) is 61.4 Å². The first-order chi connectivity index (χ1) is 13.6. The molecular formula is C23H21N3O2. The smallest absolute Gasteiger partial charge is 0.274 e. The number of carbonyl (C=O) groups is 1. The van der Waals surface area contributed by atoms with Crippen molar-refractivity contribution in [2.45, 2.75) is 20.5 Å². The monoisotopic (exact) mass is 371 g/mol. The summed E-state index contributed by atoms with van der Waals surface area (Å²) in [4.78, 5) is 17.3. The fourth-order valence-corrected chi connectivity index (χ4v) is 3.10. The zero-order chi connectivity index (χ0) is 19.5. The Bertz CT molecular complexity index is 1120. The number of aromatic nitrogens is 2. The van der Waals surface area contributed by atoms with E-state index in [-0.39, 0.29) is 5.91 Å². The van der Waals surface area contributed by atoms with Crippen molar-refractivity contribution in [3.8, 4) is 5.75 Å². The van der Waals surface area contributed by atoms with Gasteiger partial charge in [-0.3, -0.25) is 9.20 Å². The number of carbonyl (C=O) groups excluding carboxylic acids is 1. The van der Waals surface area contributed by atoms with E-state index >= 15 is 0 Å². The molecule has 4 aromatic rings. The summed E-state index contributed by atoms with van der Waals surface area (Å²) in [5.41, 5.74) is 4.94. The minimum Gasteiger partial charge on any atom is -0.489 e. The molecule has 0 aliphatic carbocycles. The average molecular weight is 371 g/mol. The van der Waals surface area contributed by atoms with Crippen LogP contribution in [0.4, 0.5) is 5.69 Å². The zero-order valence-corrected chi connectivity index (χ0v) is 15.8. The zero-order valence-electron chi connectivity index (χ0n) is 15.8. The third-order valence-corrected chi connectivity index (χ3v) is 4.53. The van der Waals surface area contributed by atoms with Gasteiger partial charge in [0.05, 0.1) is 5.69 Å². The van der Waals surface area contributed by atoms with E-state index in [4.69, 9.17) is 4.74 Å². The Kier molecular flexibility index (Phi) is 4.81. The number of nitrogens with zero attached hydrogens (tertiary/aromatic N) is 2. The number of fused-ring (bicyclic) bond motifs is 1. The largest absolute Gasteiger partial charge is 0.489 e. The number of amides is 1. The van der Waals surface area contributed by atoms with Gasteiger partial charge in [0.2, 0.25) is 0 Å². The number of aryl methyl sites for hydroxylation is 2. The number of anilines is 1. The molecule has 0 aliphatic rings. The number of imidazole rings is 1. The van der Waals surface area contributed by atoms with Crippen molar-refractivity contribution in [3.63, 3.8) is 0 Å². The molecule has 1 N–H and O–H groups in total. The summed E-state index contributed by atoms with van der Waals surface area (Å²) in [6.07, 6.45) is 1.88. The van der Waals surface area contributed by atoms with Crippen molar-refractivity contribution >= 4 is 17.2 Å². The van der Waals surface area contributed by atoms with Gasteiger partial charge in [-0.2, -0.15) is 0 Å². The Morgan fingerprint density at radius 2 is 1.79 bits per heavy atom. The molecule has 0 saturated heterocycles. The Hall–Kier alpha value is -3.60. The molecule has 2 heterocycles. The van der Waals surface area contributed by atoms with Crippen LogP contribution in [0, 0.1) is 13.8 Å². The van der Waals surface area contributed by atoms with Crippen molar-refractivity contribution in [1.29, 1.82) is 0 Å². The fourth-order valence-electron chi connectivity index (χ4n) is 3.10. The maximum Gasteiger partial charge on any atom is 0.274 e. The summed E-state index contributed by atoms with van der Waals surface area (Å²) in [5, 5.41) is 2.94. The quantitative estimate of drug-likeness (QED) is 0.549. The van der Waals surface area contributed by atoms with E-state index in [0.717, 1.165) is 22.5 Å². The lowest BCUT2D eigenvalue weighted by molar-refractivity contribution is 0.102. The molecule has 0 unspecified atom stereocenters. The second-order valence-corrected chi connectivity index (χ2v) is 6.73. The third kappa shape index (κ3) is 3.74. The second-order valence-electron chi connectivity index (χ2n) is 6.73. The second kappa shape index (κ2) is 7.56. The molecule has 4 rings (SSSR count). The highest BCUT2D eigenvalue weighted by atomic mass is 16.5. The van der Waals surface area contributed by atoms with Crippen molar-refractivity contribution in [2.24, 2.45) is 0 Å². The third-order valence-electron chi connectivity index (χ3n) is 4.53. The standard InChI is InChI=1S/C23H21N3O2/c1-16-12-13-26-21(14-16)24-17(2)22(26)23(27)25-19-8-10-20(11-9-19)28-15-18-6-4-3-5-7-18/h3-14H,15H2,1-2H3,(H,25,27). The van der Waals surface area contributed by atoms with Gasteiger partial charge in [0.25, 0.3) is 5.91 Å². The van der Waals surface area contributed by atoms with E-state index in [1.54, 1.807) is 0 Å².